The molecule has 0 heterocycles. The van der Waals surface area contributed by atoms with Crippen molar-refractivity contribution in [2.75, 3.05) is 5.32 Å². The van der Waals surface area contributed by atoms with Gasteiger partial charge in [0.2, 0.25) is 0 Å². The molecule has 0 amide bonds. The van der Waals surface area contributed by atoms with Crippen LogP contribution < -0.4 is 11.1 Å². The van der Waals surface area contributed by atoms with Gasteiger partial charge in [0.1, 0.15) is 0 Å². The van der Waals surface area contributed by atoms with Gasteiger partial charge in [-0.15, -0.1) is 0 Å². The molecule has 2 unspecified atom stereocenters. The first-order valence-electron chi connectivity index (χ1n) is 6.84. The van der Waals surface area contributed by atoms with Crippen molar-refractivity contribution < 1.29 is 4.92 Å². The minimum atomic E-state index is -0.356. The van der Waals surface area contributed by atoms with E-state index < -0.39 is 0 Å². The fraction of sp³-hybridized carbons (Fsp3) is 0.571. The molecule has 1 aromatic rings. The van der Waals surface area contributed by atoms with Gasteiger partial charge in [0.15, 0.2) is 0 Å². The SMILES string of the molecule is Cc1cc(NC2CCCCCC2N)cc([N+](=O)[O-])c1. The first kappa shape index (κ1) is 13.8. The Balaban J connectivity index is 2.15. The largest absolute Gasteiger partial charge is 0.381 e. The van der Waals surface area contributed by atoms with E-state index in [1.807, 2.05) is 13.0 Å². The van der Waals surface area contributed by atoms with Gasteiger partial charge in [-0.25, -0.2) is 0 Å². The molecule has 2 rings (SSSR count). The number of nitrogens with one attached hydrogen (secondary N) is 1. The topological polar surface area (TPSA) is 81.2 Å². The average molecular weight is 263 g/mol. The minimum Gasteiger partial charge on any atom is -0.381 e. The molecular formula is C14H21N3O2. The molecule has 1 aliphatic rings. The van der Waals surface area contributed by atoms with E-state index in [1.54, 1.807) is 12.1 Å². The summed E-state index contributed by atoms with van der Waals surface area (Å²) >= 11 is 0. The van der Waals surface area contributed by atoms with E-state index in [0.717, 1.165) is 24.1 Å². The maximum atomic E-state index is 10.9. The van der Waals surface area contributed by atoms with Crippen LogP contribution >= 0.6 is 0 Å². The monoisotopic (exact) mass is 263 g/mol. The lowest BCUT2D eigenvalue weighted by Gasteiger charge is -2.24. The number of aryl methyl sites for hydroxylation is 1. The van der Waals surface area contributed by atoms with E-state index in [1.165, 1.54) is 19.3 Å². The van der Waals surface area contributed by atoms with Gasteiger partial charge in [-0.2, -0.15) is 0 Å². The second-order valence-electron chi connectivity index (χ2n) is 5.37. The summed E-state index contributed by atoms with van der Waals surface area (Å²) in [4.78, 5) is 10.5. The lowest BCUT2D eigenvalue weighted by atomic mass is 10.0. The maximum absolute atomic E-state index is 10.9. The van der Waals surface area contributed by atoms with Crippen molar-refractivity contribution in [3.05, 3.63) is 33.9 Å². The van der Waals surface area contributed by atoms with Crippen molar-refractivity contribution in [3.63, 3.8) is 0 Å². The second kappa shape index (κ2) is 6.02. The fourth-order valence-corrected chi connectivity index (χ4v) is 2.68. The number of anilines is 1. The number of rotatable bonds is 3. The number of hydrogen-bond acceptors (Lipinski definition) is 4. The van der Waals surface area contributed by atoms with Crippen molar-refractivity contribution in [3.8, 4) is 0 Å². The van der Waals surface area contributed by atoms with Crippen LogP contribution in [0.5, 0.6) is 0 Å². The van der Waals surface area contributed by atoms with E-state index in [2.05, 4.69) is 5.32 Å². The van der Waals surface area contributed by atoms with Crippen molar-refractivity contribution in [2.45, 2.75) is 51.1 Å². The Bertz CT molecular complexity index is 462. The van der Waals surface area contributed by atoms with Gasteiger partial charge >= 0.3 is 0 Å². The molecule has 1 aromatic carbocycles. The molecule has 19 heavy (non-hydrogen) atoms. The highest BCUT2D eigenvalue weighted by atomic mass is 16.6. The molecule has 0 saturated heterocycles. The number of nitro groups is 1. The molecule has 1 aliphatic carbocycles. The molecule has 3 N–H and O–H groups in total. The van der Waals surface area contributed by atoms with Crippen LogP contribution in [0.3, 0.4) is 0 Å². The van der Waals surface area contributed by atoms with E-state index in [-0.39, 0.29) is 22.7 Å². The van der Waals surface area contributed by atoms with Gasteiger partial charge in [-0.1, -0.05) is 19.3 Å². The van der Waals surface area contributed by atoms with Gasteiger partial charge < -0.3 is 11.1 Å². The third kappa shape index (κ3) is 3.67. The van der Waals surface area contributed by atoms with Gasteiger partial charge in [-0.3, -0.25) is 10.1 Å². The van der Waals surface area contributed by atoms with Crippen molar-refractivity contribution >= 4 is 11.4 Å². The van der Waals surface area contributed by atoms with Gasteiger partial charge in [-0.05, 0) is 31.4 Å². The Hall–Kier alpha value is -1.62. The Morgan fingerprint density at radius 2 is 2.00 bits per heavy atom. The highest BCUT2D eigenvalue weighted by Crippen LogP contribution is 2.24. The van der Waals surface area contributed by atoms with Crippen LogP contribution in [0.4, 0.5) is 11.4 Å². The second-order valence-corrected chi connectivity index (χ2v) is 5.37. The number of nitrogens with zero attached hydrogens (tertiary/aromatic N) is 1. The molecule has 5 heteroatoms. The molecule has 5 nitrogen and oxygen atoms in total. The summed E-state index contributed by atoms with van der Waals surface area (Å²) < 4.78 is 0. The van der Waals surface area contributed by atoms with E-state index in [9.17, 15) is 10.1 Å². The molecule has 0 aromatic heterocycles. The zero-order valence-electron chi connectivity index (χ0n) is 11.3. The number of non-ortho nitro benzene ring substituents is 1. The van der Waals surface area contributed by atoms with Crippen molar-refractivity contribution in [1.29, 1.82) is 0 Å². The Morgan fingerprint density at radius 3 is 2.74 bits per heavy atom. The Labute approximate surface area is 113 Å². The molecule has 2 atom stereocenters. The molecule has 0 spiro atoms. The molecule has 104 valence electrons. The number of nitrogens with two attached hydrogens (primary N) is 1. The molecule has 0 aliphatic heterocycles. The van der Waals surface area contributed by atoms with Crippen LogP contribution in [0.2, 0.25) is 0 Å². The van der Waals surface area contributed by atoms with Crippen LogP contribution in [0.25, 0.3) is 0 Å². The van der Waals surface area contributed by atoms with Gasteiger partial charge in [0, 0.05) is 29.9 Å². The van der Waals surface area contributed by atoms with Gasteiger partial charge in [0.25, 0.3) is 5.69 Å². The summed E-state index contributed by atoms with van der Waals surface area (Å²) in [5.41, 5.74) is 7.98. The molecule has 1 saturated carbocycles. The third-order valence-electron chi connectivity index (χ3n) is 3.69. The van der Waals surface area contributed by atoms with Crippen LogP contribution in [-0.2, 0) is 0 Å². The normalized spacial score (nSPS) is 23.7. The average Bonchev–Trinajstić information content (AvgIpc) is 2.54. The van der Waals surface area contributed by atoms with Crippen LogP contribution in [0, 0.1) is 17.0 Å². The summed E-state index contributed by atoms with van der Waals surface area (Å²) in [6.45, 7) is 1.87. The zero-order valence-corrected chi connectivity index (χ0v) is 11.3. The highest BCUT2D eigenvalue weighted by Gasteiger charge is 2.20. The number of hydrogen-bond donors (Lipinski definition) is 2. The summed E-state index contributed by atoms with van der Waals surface area (Å²) in [5, 5.41) is 14.2. The van der Waals surface area contributed by atoms with Gasteiger partial charge in [0.05, 0.1) is 4.92 Å². The third-order valence-corrected chi connectivity index (χ3v) is 3.69. The summed E-state index contributed by atoms with van der Waals surface area (Å²) in [5.74, 6) is 0. The zero-order chi connectivity index (χ0) is 13.8. The van der Waals surface area contributed by atoms with Crippen molar-refractivity contribution in [1.82, 2.24) is 0 Å². The quantitative estimate of drug-likeness (QED) is 0.499. The molecular weight excluding hydrogens is 242 g/mol. The molecule has 0 bridgehead atoms. The fourth-order valence-electron chi connectivity index (χ4n) is 2.68. The van der Waals surface area contributed by atoms with Crippen LogP contribution in [0.15, 0.2) is 18.2 Å². The Morgan fingerprint density at radius 1 is 1.26 bits per heavy atom. The lowest BCUT2D eigenvalue weighted by Crippen LogP contribution is -2.39. The number of nitro benzene ring substituents is 1. The summed E-state index contributed by atoms with van der Waals surface area (Å²) in [7, 11) is 0. The lowest BCUT2D eigenvalue weighted by molar-refractivity contribution is -0.384. The summed E-state index contributed by atoms with van der Waals surface area (Å²) in [6.07, 6.45) is 5.61. The van der Waals surface area contributed by atoms with E-state index in [0.29, 0.717) is 0 Å². The molecule has 1 fully saturated rings. The van der Waals surface area contributed by atoms with Crippen LogP contribution in [0.1, 0.15) is 37.7 Å². The van der Waals surface area contributed by atoms with E-state index >= 15 is 0 Å². The summed E-state index contributed by atoms with van der Waals surface area (Å²) in [6, 6.07) is 5.44. The van der Waals surface area contributed by atoms with Crippen LogP contribution in [-0.4, -0.2) is 17.0 Å². The maximum Gasteiger partial charge on any atom is 0.271 e. The first-order valence-corrected chi connectivity index (χ1v) is 6.84. The minimum absolute atomic E-state index is 0.127. The Kier molecular flexibility index (Phi) is 4.37. The van der Waals surface area contributed by atoms with Crippen molar-refractivity contribution in [2.24, 2.45) is 5.73 Å². The highest BCUT2D eigenvalue weighted by molar-refractivity contribution is 5.54. The standard InChI is InChI=1S/C14H21N3O2/c1-10-7-11(9-12(8-10)17(18)19)16-14-6-4-2-3-5-13(14)15/h7-9,13-14,16H,2-6,15H2,1H3. The predicted molar refractivity (Wildman–Crippen MR) is 76.3 cm³/mol. The number of benzene rings is 1. The smallest absolute Gasteiger partial charge is 0.271 e. The molecule has 0 radical (unpaired) electrons. The van der Waals surface area contributed by atoms with E-state index in [4.69, 9.17) is 5.73 Å². The first-order chi connectivity index (χ1) is 9.06. The predicted octanol–water partition coefficient (Wildman–Crippen LogP) is 2.98.